The summed E-state index contributed by atoms with van der Waals surface area (Å²) >= 11 is 0. The normalized spacial score (nSPS) is 11.8. The average Bonchev–Trinajstić information content (AvgIpc) is 2.92. The second-order valence-corrected chi connectivity index (χ2v) is 4.63. The molecule has 3 aromatic rings. The number of nitrogens with zero attached hydrogens (tertiary/aromatic N) is 3. The van der Waals surface area contributed by atoms with Gasteiger partial charge in [0.25, 0.3) is 0 Å². The van der Waals surface area contributed by atoms with Crippen LogP contribution in [0.5, 0.6) is 5.88 Å². The summed E-state index contributed by atoms with van der Waals surface area (Å²) in [6.07, 6.45) is -3.04. The molecule has 0 saturated carbocycles. The van der Waals surface area contributed by atoms with Crippen LogP contribution in [0.4, 0.5) is 13.2 Å². The van der Waals surface area contributed by atoms with Gasteiger partial charge in [-0.05, 0) is 18.2 Å². The van der Waals surface area contributed by atoms with Gasteiger partial charge in [-0.3, -0.25) is 0 Å². The van der Waals surface area contributed by atoms with Crippen molar-refractivity contribution in [1.29, 1.82) is 0 Å². The molecule has 0 bridgehead atoms. The first-order valence-electron chi connectivity index (χ1n) is 6.26. The van der Waals surface area contributed by atoms with Crippen molar-refractivity contribution in [3.63, 3.8) is 0 Å². The minimum Gasteiger partial charge on any atom is -0.493 e. The highest BCUT2D eigenvalue weighted by molar-refractivity contribution is 5.94. The number of pyridine rings is 1. The Kier molecular flexibility index (Phi) is 3.20. The van der Waals surface area contributed by atoms with E-state index in [-0.39, 0.29) is 22.3 Å². The van der Waals surface area contributed by atoms with Crippen molar-refractivity contribution in [1.82, 2.24) is 14.8 Å². The number of hydrogen-bond donors (Lipinski definition) is 2. The zero-order valence-corrected chi connectivity index (χ0v) is 11.2. The maximum Gasteiger partial charge on any atom is 0.434 e. The standard InChI is InChI=1S/C14H8F3N3O3/c15-14(16,17)11-9(13(22)23)6-19-20(11)10-3-1-2-8-7(10)4-5-18-12(8)21/h1-6H,(H,18,21)(H,22,23). The molecular weight excluding hydrogens is 315 g/mol. The van der Waals surface area contributed by atoms with E-state index in [1.54, 1.807) is 0 Å². The van der Waals surface area contributed by atoms with Crippen molar-refractivity contribution in [2.45, 2.75) is 6.18 Å². The quantitative estimate of drug-likeness (QED) is 0.757. The molecule has 118 valence electrons. The van der Waals surface area contributed by atoms with E-state index in [0.29, 0.717) is 10.9 Å². The number of benzene rings is 1. The van der Waals surface area contributed by atoms with Crippen LogP contribution in [0.15, 0.2) is 36.7 Å². The molecule has 0 atom stereocenters. The first kappa shape index (κ1) is 14.8. The van der Waals surface area contributed by atoms with Gasteiger partial charge < -0.3 is 10.2 Å². The number of aromatic nitrogens is 3. The van der Waals surface area contributed by atoms with Crippen molar-refractivity contribution in [2.24, 2.45) is 0 Å². The Labute approximate surface area is 126 Å². The summed E-state index contributed by atoms with van der Waals surface area (Å²) in [7, 11) is 0. The fourth-order valence-corrected chi connectivity index (χ4v) is 2.32. The minimum atomic E-state index is -4.92. The van der Waals surface area contributed by atoms with E-state index < -0.39 is 23.4 Å². The molecule has 9 heteroatoms. The number of carboxylic acid groups (broad SMARTS) is 1. The van der Waals surface area contributed by atoms with Gasteiger partial charge in [-0.1, -0.05) is 6.07 Å². The van der Waals surface area contributed by atoms with Crippen molar-refractivity contribution < 1.29 is 28.2 Å². The lowest BCUT2D eigenvalue weighted by Gasteiger charge is -2.13. The molecule has 2 N–H and O–H groups in total. The third kappa shape index (κ3) is 2.35. The van der Waals surface area contributed by atoms with Crippen molar-refractivity contribution in [3.05, 3.63) is 47.9 Å². The second-order valence-electron chi connectivity index (χ2n) is 4.63. The van der Waals surface area contributed by atoms with Gasteiger partial charge in [-0.25, -0.2) is 14.5 Å². The molecule has 3 rings (SSSR count). The van der Waals surface area contributed by atoms with Crippen LogP contribution in [0.25, 0.3) is 16.5 Å². The molecule has 0 aliphatic heterocycles. The Balaban J connectivity index is 2.37. The molecule has 0 amide bonds. The molecular formula is C14H8F3N3O3. The molecule has 0 aliphatic rings. The first-order valence-corrected chi connectivity index (χ1v) is 6.26. The van der Waals surface area contributed by atoms with Crippen LogP contribution in [0.3, 0.4) is 0 Å². The number of fused-ring (bicyclic) bond motifs is 1. The lowest BCUT2D eigenvalue weighted by Crippen LogP contribution is -2.17. The van der Waals surface area contributed by atoms with Gasteiger partial charge in [0.15, 0.2) is 5.69 Å². The Hall–Kier alpha value is -3.10. The number of aromatic hydroxyl groups is 1. The summed E-state index contributed by atoms with van der Waals surface area (Å²) in [4.78, 5) is 14.7. The van der Waals surface area contributed by atoms with E-state index in [0.717, 1.165) is 0 Å². The van der Waals surface area contributed by atoms with Crippen LogP contribution in [-0.4, -0.2) is 30.9 Å². The lowest BCUT2D eigenvalue weighted by molar-refractivity contribution is -0.143. The number of aromatic carboxylic acids is 1. The lowest BCUT2D eigenvalue weighted by atomic mass is 10.1. The SMILES string of the molecule is O=C(O)c1cnn(-c2cccc3c(O)nccc23)c1C(F)(F)F. The van der Waals surface area contributed by atoms with Crippen molar-refractivity contribution in [3.8, 4) is 11.6 Å². The zero-order valence-electron chi connectivity index (χ0n) is 11.2. The number of hydrogen-bond acceptors (Lipinski definition) is 4. The Morgan fingerprint density at radius 1 is 1.17 bits per heavy atom. The molecule has 0 radical (unpaired) electrons. The first-order chi connectivity index (χ1) is 10.8. The molecule has 0 spiro atoms. The van der Waals surface area contributed by atoms with Crippen LogP contribution in [0.2, 0.25) is 0 Å². The van der Waals surface area contributed by atoms with Crippen LogP contribution in [-0.2, 0) is 6.18 Å². The summed E-state index contributed by atoms with van der Waals surface area (Å²) < 4.78 is 40.4. The van der Waals surface area contributed by atoms with Crippen LogP contribution in [0.1, 0.15) is 16.1 Å². The van der Waals surface area contributed by atoms with Crippen molar-refractivity contribution in [2.75, 3.05) is 0 Å². The largest absolute Gasteiger partial charge is 0.493 e. The number of alkyl halides is 3. The average molecular weight is 323 g/mol. The summed E-state index contributed by atoms with van der Waals surface area (Å²) in [6.45, 7) is 0. The third-order valence-electron chi connectivity index (χ3n) is 3.26. The maximum absolute atomic E-state index is 13.3. The van der Waals surface area contributed by atoms with Crippen molar-refractivity contribution >= 4 is 16.7 Å². The van der Waals surface area contributed by atoms with Crippen LogP contribution < -0.4 is 0 Å². The molecule has 0 aliphatic carbocycles. The number of halogens is 3. The van der Waals surface area contributed by atoms with E-state index in [1.165, 1.54) is 30.5 Å². The van der Waals surface area contributed by atoms with Gasteiger partial charge in [0.2, 0.25) is 5.88 Å². The summed E-state index contributed by atoms with van der Waals surface area (Å²) in [6, 6.07) is 5.65. The number of carboxylic acids is 1. The highest BCUT2D eigenvalue weighted by atomic mass is 19.4. The van der Waals surface area contributed by atoms with E-state index in [9.17, 15) is 23.1 Å². The van der Waals surface area contributed by atoms with Gasteiger partial charge >= 0.3 is 12.1 Å². The Morgan fingerprint density at radius 3 is 2.57 bits per heavy atom. The summed E-state index contributed by atoms with van der Waals surface area (Å²) in [5.74, 6) is -2.07. The second kappa shape index (κ2) is 4.97. The zero-order chi connectivity index (χ0) is 16.8. The summed E-state index contributed by atoms with van der Waals surface area (Å²) in [5.41, 5.74) is -2.36. The van der Waals surface area contributed by atoms with E-state index in [2.05, 4.69) is 10.1 Å². The number of rotatable bonds is 2. The third-order valence-corrected chi connectivity index (χ3v) is 3.26. The van der Waals surface area contributed by atoms with Gasteiger partial charge in [0.05, 0.1) is 11.9 Å². The minimum absolute atomic E-state index is 0.0139. The highest BCUT2D eigenvalue weighted by Gasteiger charge is 2.40. The molecule has 0 fully saturated rings. The van der Waals surface area contributed by atoms with E-state index in [1.807, 2.05) is 0 Å². The molecule has 23 heavy (non-hydrogen) atoms. The smallest absolute Gasteiger partial charge is 0.434 e. The van der Waals surface area contributed by atoms with E-state index in [4.69, 9.17) is 5.11 Å². The fourth-order valence-electron chi connectivity index (χ4n) is 2.32. The predicted molar refractivity (Wildman–Crippen MR) is 72.5 cm³/mol. The van der Waals surface area contributed by atoms with Gasteiger partial charge in [0, 0.05) is 17.0 Å². The molecule has 2 heterocycles. The molecule has 6 nitrogen and oxygen atoms in total. The topological polar surface area (TPSA) is 88.2 Å². The van der Waals surface area contributed by atoms with Gasteiger partial charge in [-0.2, -0.15) is 18.3 Å². The number of carbonyl (C=O) groups is 1. The Bertz CT molecular complexity index is 919. The monoisotopic (exact) mass is 323 g/mol. The van der Waals surface area contributed by atoms with Gasteiger partial charge in [-0.15, -0.1) is 0 Å². The fraction of sp³-hybridized carbons (Fsp3) is 0.0714. The predicted octanol–water partition coefficient (Wildman–Crippen LogP) is 2.84. The molecule has 1 aromatic carbocycles. The molecule has 0 unspecified atom stereocenters. The van der Waals surface area contributed by atoms with Crippen LogP contribution >= 0.6 is 0 Å². The Morgan fingerprint density at radius 2 is 1.91 bits per heavy atom. The molecule has 0 saturated heterocycles. The molecule has 2 aromatic heterocycles. The van der Waals surface area contributed by atoms with Gasteiger partial charge in [0.1, 0.15) is 5.56 Å². The van der Waals surface area contributed by atoms with E-state index >= 15 is 0 Å². The summed E-state index contributed by atoms with van der Waals surface area (Å²) in [5, 5.41) is 22.7. The van der Waals surface area contributed by atoms with Crippen LogP contribution in [0, 0.1) is 0 Å². The highest BCUT2D eigenvalue weighted by Crippen LogP contribution is 2.35. The maximum atomic E-state index is 13.3.